The molecule has 0 aliphatic carbocycles. The molecule has 0 amide bonds. The van der Waals surface area contributed by atoms with Gasteiger partial charge in [0.15, 0.2) is 6.10 Å². The summed E-state index contributed by atoms with van der Waals surface area (Å²) in [4.78, 5) is 16.6. The summed E-state index contributed by atoms with van der Waals surface area (Å²) in [6.07, 6.45) is -0.707. The molecule has 0 saturated carbocycles. The Morgan fingerprint density at radius 2 is 1.59 bits per heavy atom. The average molecular weight is 458 g/mol. The van der Waals surface area contributed by atoms with Gasteiger partial charge in [-0.25, -0.2) is 9.78 Å². The first-order chi connectivity index (χ1) is 16.6. The molecule has 1 heterocycles. The zero-order valence-electron chi connectivity index (χ0n) is 19.3. The highest BCUT2D eigenvalue weighted by Gasteiger charge is 2.17. The summed E-state index contributed by atoms with van der Waals surface area (Å²) >= 11 is 0. The Labute approximate surface area is 199 Å². The predicted molar refractivity (Wildman–Crippen MR) is 130 cm³/mol. The zero-order valence-corrected chi connectivity index (χ0v) is 19.3. The summed E-state index contributed by atoms with van der Waals surface area (Å²) in [5.41, 5.74) is 2.62. The van der Waals surface area contributed by atoms with Crippen molar-refractivity contribution in [3.8, 4) is 17.2 Å². The van der Waals surface area contributed by atoms with E-state index in [4.69, 9.17) is 18.9 Å². The lowest BCUT2D eigenvalue weighted by Crippen LogP contribution is -2.26. The van der Waals surface area contributed by atoms with Gasteiger partial charge in [0.1, 0.15) is 30.5 Å². The first-order valence-electron chi connectivity index (χ1n) is 11.2. The van der Waals surface area contributed by atoms with Crippen molar-refractivity contribution in [1.82, 2.24) is 4.98 Å². The van der Waals surface area contributed by atoms with Gasteiger partial charge in [0.2, 0.25) is 0 Å². The van der Waals surface area contributed by atoms with Gasteiger partial charge in [-0.3, -0.25) is 0 Å². The van der Waals surface area contributed by atoms with Crippen molar-refractivity contribution in [2.45, 2.75) is 33.2 Å². The number of carbonyl (C=O) groups excluding carboxylic acids is 1. The zero-order chi connectivity index (χ0) is 23.8. The minimum absolute atomic E-state index is 0.279. The Kier molecular flexibility index (Phi) is 7.60. The lowest BCUT2D eigenvalue weighted by molar-refractivity contribution is -0.150. The monoisotopic (exact) mass is 457 g/mol. The highest BCUT2D eigenvalue weighted by atomic mass is 16.6. The molecule has 6 heteroatoms. The van der Waals surface area contributed by atoms with Gasteiger partial charge in [0.05, 0.1) is 17.8 Å². The van der Waals surface area contributed by atoms with E-state index in [9.17, 15) is 4.79 Å². The van der Waals surface area contributed by atoms with Crippen LogP contribution in [0.5, 0.6) is 17.2 Å². The SMILES string of the molecule is CCOC(=O)C(C)Oc1ccccc1COc1cccc(OCc2ccc3ccccc3n2)c1. The van der Waals surface area contributed by atoms with Gasteiger partial charge in [-0.2, -0.15) is 0 Å². The number of rotatable bonds is 10. The van der Waals surface area contributed by atoms with E-state index in [0.717, 1.165) is 22.2 Å². The quantitative estimate of drug-likeness (QED) is 0.284. The molecule has 6 nitrogen and oxygen atoms in total. The number of fused-ring (bicyclic) bond motifs is 1. The van der Waals surface area contributed by atoms with E-state index >= 15 is 0 Å². The number of carbonyl (C=O) groups is 1. The van der Waals surface area contributed by atoms with Crippen molar-refractivity contribution in [3.63, 3.8) is 0 Å². The molecular weight excluding hydrogens is 430 g/mol. The molecule has 0 aliphatic heterocycles. The van der Waals surface area contributed by atoms with Gasteiger partial charge >= 0.3 is 5.97 Å². The highest BCUT2D eigenvalue weighted by Crippen LogP contribution is 2.25. The van der Waals surface area contributed by atoms with Crippen molar-refractivity contribution in [2.75, 3.05) is 6.61 Å². The third kappa shape index (κ3) is 6.04. The predicted octanol–water partition coefficient (Wildman–Crippen LogP) is 5.72. The van der Waals surface area contributed by atoms with Gasteiger partial charge in [-0.15, -0.1) is 0 Å². The van der Waals surface area contributed by atoms with Crippen molar-refractivity contribution in [3.05, 3.63) is 96.2 Å². The second kappa shape index (κ2) is 11.2. The molecule has 174 valence electrons. The van der Waals surface area contributed by atoms with Gasteiger partial charge in [0, 0.05) is 17.0 Å². The molecular formula is C28H27NO5. The van der Waals surface area contributed by atoms with E-state index in [-0.39, 0.29) is 6.61 Å². The second-order valence-corrected chi connectivity index (χ2v) is 7.67. The van der Waals surface area contributed by atoms with Crippen molar-refractivity contribution < 1.29 is 23.7 Å². The summed E-state index contributed by atoms with van der Waals surface area (Å²) in [5, 5.41) is 1.10. The molecule has 4 rings (SSSR count). The average Bonchev–Trinajstić information content (AvgIpc) is 2.87. The van der Waals surface area contributed by atoms with Gasteiger partial charge < -0.3 is 18.9 Å². The first kappa shape index (κ1) is 23.1. The largest absolute Gasteiger partial charge is 0.489 e. The highest BCUT2D eigenvalue weighted by molar-refractivity contribution is 5.78. The summed E-state index contributed by atoms with van der Waals surface area (Å²) in [5.74, 6) is 1.53. The number of benzene rings is 3. The Balaban J connectivity index is 1.37. The molecule has 0 saturated heterocycles. The van der Waals surface area contributed by atoms with Crippen LogP contribution in [0.3, 0.4) is 0 Å². The number of esters is 1. The maximum absolute atomic E-state index is 11.9. The summed E-state index contributed by atoms with van der Waals surface area (Å²) in [6, 6.07) is 26.9. The minimum Gasteiger partial charge on any atom is -0.489 e. The summed E-state index contributed by atoms with van der Waals surface area (Å²) in [7, 11) is 0. The molecule has 0 bridgehead atoms. The molecule has 34 heavy (non-hydrogen) atoms. The number of hydrogen-bond donors (Lipinski definition) is 0. The van der Waals surface area contributed by atoms with Gasteiger partial charge in [0.25, 0.3) is 0 Å². The number of pyridine rings is 1. The van der Waals surface area contributed by atoms with Crippen LogP contribution >= 0.6 is 0 Å². The number of hydrogen-bond acceptors (Lipinski definition) is 6. The van der Waals surface area contributed by atoms with E-state index < -0.39 is 12.1 Å². The van der Waals surface area contributed by atoms with Gasteiger partial charge in [-0.1, -0.05) is 48.5 Å². The fraction of sp³-hybridized carbons (Fsp3) is 0.214. The molecule has 1 atom stereocenters. The Morgan fingerprint density at radius 3 is 2.41 bits per heavy atom. The second-order valence-electron chi connectivity index (χ2n) is 7.67. The Bertz CT molecular complexity index is 1260. The molecule has 0 aliphatic rings. The van der Waals surface area contributed by atoms with Crippen LogP contribution in [0.15, 0.2) is 84.9 Å². The van der Waals surface area contributed by atoms with Crippen molar-refractivity contribution in [2.24, 2.45) is 0 Å². The smallest absolute Gasteiger partial charge is 0.347 e. The maximum Gasteiger partial charge on any atom is 0.347 e. The Hall–Kier alpha value is -4.06. The van der Waals surface area contributed by atoms with Gasteiger partial charge in [-0.05, 0) is 44.2 Å². The van der Waals surface area contributed by atoms with E-state index in [1.807, 2.05) is 84.9 Å². The van der Waals surface area contributed by atoms with Crippen LogP contribution < -0.4 is 14.2 Å². The standard InChI is InChI=1S/C28H27NO5/c1-3-31-28(30)20(2)34-27-14-7-5-10-22(27)18-32-24-11-8-12-25(17-24)33-19-23-16-15-21-9-4-6-13-26(21)29-23/h4-17,20H,3,18-19H2,1-2H3. The lowest BCUT2D eigenvalue weighted by Gasteiger charge is -2.17. The molecule has 1 aromatic heterocycles. The van der Waals surface area contributed by atoms with Crippen molar-refractivity contribution in [1.29, 1.82) is 0 Å². The Morgan fingerprint density at radius 1 is 0.853 bits per heavy atom. The third-order valence-corrected chi connectivity index (χ3v) is 5.14. The van der Waals surface area contributed by atoms with Crippen LogP contribution in [0.25, 0.3) is 10.9 Å². The van der Waals surface area contributed by atoms with E-state index in [2.05, 4.69) is 4.98 Å². The molecule has 1 unspecified atom stereocenters. The third-order valence-electron chi connectivity index (χ3n) is 5.14. The van der Waals surface area contributed by atoms with E-state index in [1.54, 1.807) is 13.8 Å². The van der Waals surface area contributed by atoms with Crippen LogP contribution in [0, 0.1) is 0 Å². The topological polar surface area (TPSA) is 66.9 Å². The normalized spacial score (nSPS) is 11.6. The maximum atomic E-state index is 11.9. The number of para-hydroxylation sites is 2. The van der Waals surface area contributed by atoms with Crippen LogP contribution in [0.2, 0.25) is 0 Å². The van der Waals surface area contributed by atoms with E-state index in [0.29, 0.717) is 30.5 Å². The van der Waals surface area contributed by atoms with Crippen LogP contribution in [0.4, 0.5) is 0 Å². The molecule has 0 radical (unpaired) electrons. The first-order valence-corrected chi connectivity index (χ1v) is 11.2. The molecule has 0 spiro atoms. The number of nitrogens with zero attached hydrogens (tertiary/aromatic N) is 1. The lowest BCUT2D eigenvalue weighted by atomic mass is 10.2. The molecule has 0 N–H and O–H groups in total. The number of aromatic nitrogens is 1. The molecule has 4 aromatic rings. The molecule has 0 fully saturated rings. The summed E-state index contributed by atoms with van der Waals surface area (Å²) < 4.78 is 22.7. The fourth-order valence-electron chi connectivity index (χ4n) is 3.40. The van der Waals surface area contributed by atoms with E-state index in [1.165, 1.54) is 0 Å². The van der Waals surface area contributed by atoms with Crippen molar-refractivity contribution >= 4 is 16.9 Å². The number of ether oxygens (including phenoxy) is 4. The fourth-order valence-corrected chi connectivity index (χ4v) is 3.40. The minimum atomic E-state index is -0.707. The summed E-state index contributed by atoms with van der Waals surface area (Å²) in [6.45, 7) is 4.38. The van der Waals surface area contributed by atoms with Crippen LogP contribution in [-0.2, 0) is 22.7 Å². The van der Waals surface area contributed by atoms with Crippen LogP contribution in [0.1, 0.15) is 25.1 Å². The van der Waals surface area contributed by atoms with Crippen LogP contribution in [-0.4, -0.2) is 23.7 Å². The molecule has 3 aromatic carbocycles.